The van der Waals surface area contributed by atoms with Gasteiger partial charge in [-0.1, -0.05) is 15.9 Å². The molecule has 0 bridgehead atoms. The Morgan fingerprint density at radius 3 is 2.24 bits per heavy atom. The molecule has 0 radical (unpaired) electrons. The third kappa shape index (κ3) is 5.22. The standard InChI is InChI=1S/C12H10BrF6NO/c1-20(5-4-11(14,15)16)10(21)8-3-2-7(13)6-9(8)12(17,18)19/h2-3,6H,4-5H2,1H3. The summed E-state index contributed by atoms with van der Waals surface area (Å²) in [5.74, 6) is -1.11. The minimum absolute atomic E-state index is 0.115. The number of halogens is 7. The zero-order chi connectivity index (χ0) is 16.4. The number of alkyl halides is 6. The van der Waals surface area contributed by atoms with Crippen LogP contribution >= 0.6 is 15.9 Å². The normalized spacial score (nSPS) is 12.4. The summed E-state index contributed by atoms with van der Waals surface area (Å²) < 4.78 is 74.9. The number of amides is 1. The summed E-state index contributed by atoms with van der Waals surface area (Å²) in [6.45, 7) is -0.713. The average molecular weight is 378 g/mol. The van der Waals surface area contributed by atoms with Crippen LogP contribution in [-0.4, -0.2) is 30.6 Å². The van der Waals surface area contributed by atoms with Crippen molar-refractivity contribution in [2.75, 3.05) is 13.6 Å². The highest BCUT2D eigenvalue weighted by Gasteiger charge is 2.36. The van der Waals surface area contributed by atoms with E-state index in [-0.39, 0.29) is 4.47 Å². The molecule has 0 spiro atoms. The topological polar surface area (TPSA) is 20.3 Å². The molecule has 0 heterocycles. The molecule has 0 aliphatic rings. The van der Waals surface area contributed by atoms with E-state index in [9.17, 15) is 31.1 Å². The van der Waals surface area contributed by atoms with Gasteiger partial charge in [-0.15, -0.1) is 0 Å². The molecule has 21 heavy (non-hydrogen) atoms. The van der Waals surface area contributed by atoms with Crippen molar-refractivity contribution in [3.05, 3.63) is 33.8 Å². The maximum absolute atomic E-state index is 12.9. The third-order valence-corrected chi connectivity index (χ3v) is 3.09. The van der Waals surface area contributed by atoms with Gasteiger partial charge in [-0.2, -0.15) is 26.3 Å². The van der Waals surface area contributed by atoms with Crippen LogP contribution in [0.15, 0.2) is 22.7 Å². The molecular weight excluding hydrogens is 368 g/mol. The van der Waals surface area contributed by atoms with Gasteiger partial charge < -0.3 is 4.90 Å². The van der Waals surface area contributed by atoms with Gasteiger partial charge in [0.25, 0.3) is 5.91 Å². The van der Waals surface area contributed by atoms with E-state index in [1.807, 2.05) is 0 Å². The average Bonchev–Trinajstić information content (AvgIpc) is 2.33. The maximum atomic E-state index is 12.9. The van der Waals surface area contributed by atoms with Crippen LogP contribution in [0.25, 0.3) is 0 Å². The van der Waals surface area contributed by atoms with Gasteiger partial charge in [0, 0.05) is 18.1 Å². The van der Waals surface area contributed by atoms with Gasteiger partial charge >= 0.3 is 12.4 Å². The monoisotopic (exact) mass is 377 g/mol. The Morgan fingerprint density at radius 2 is 1.76 bits per heavy atom. The molecule has 0 saturated carbocycles. The van der Waals surface area contributed by atoms with E-state index >= 15 is 0 Å². The van der Waals surface area contributed by atoms with Crippen LogP contribution < -0.4 is 0 Å². The van der Waals surface area contributed by atoms with Crippen LogP contribution in [0.2, 0.25) is 0 Å². The lowest BCUT2D eigenvalue weighted by molar-refractivity contribution is -0.139. The molecule has 118 valence electrons. The van der Waals surface area contributed by atoms with Gasteiger partial charge in [0.15, 0.2) is 0 Å². The lowest BCUT2D eigenvalue weighted by Gasteiger charge is -2.20. The van der Waals surface area contributed by atoms with Crippen LogP contribution in [0.4, 0.5) is 26.3 Å². The van der Waals surface area contributed by atoms with Crippen LogP contribution in [0, 0.1) is 0 Å². The molecule has 0 saturated heterocycles. The van der Waals surface area contributed by atoms with Crippen molar-refractivity contribution in [1.82, 2.24) is 4.90 Å². The second kappa shape index (κ2) is 6.25. The van der Waals surface area contributed by atoms with E-state index in [0.717, 1.165) is 13.1 Å². The summed E-state index contributed by atoms with van der Waals surface area (Å²) in [5, 5.41) is 0. The minimum Gasteiger partial charge on any atom is -0.341 e. The summed E-state index contributed by atoms with van der Waals surface area (Å²) in [7, 11) is 1.02. The highest BCUT2D eigenvalue weighted by molar-refractivity contribution is 9.10. The quantitative estimate of drug-likeness (QED) is 0.710. The van der Waals surface area contributed by atoms with E-state index in [0.29, 0.717) is 11.0 Å². The first-order chi connectivity index (χ1) is 9.42. The highest BCUT2D eigenvalue weighted by atomic mass is 79.9. The minimum atomic E-state index is -4.78. The first-order valence-corrected chi connectivity index (χ1v) is 6.40. The number of nitrogens with zero attached hydrogens (tertiary/aromatic N) is 1. The zero-order valence-corrected chi connectivity index (χ0v) is 12.2. The van der Waals surface area contributed by atoms with Gasteiger partial charge in [-0.3, -0.25) is 4.79 Å². The number of carbonyl (C=O) groups excluding carboxylic acids is 1. The SMILES string of the molecule is CN(CCC(F)(F)F)C(=O)c1ccc(Br)cc1C(F)(F)F. The molecule has 0 N–H and O–H groups in total. The third-order valence-electron chi connectivity index (χ3n) is 2.59. The van der Waals surface area contributed by atoms with E-state index < -0.39 is 42.4 Å². The Bertz CT molecular complexity index is 525. The molecule has 1 aromatic carbocycles. The van der Waals surface area contributed by atoms with Crippen molar-refractivity contribution in [3.63, 3.8) is 0 Å². The Labute approximate surface area is 124 Å². The zero-order valence-electron chi connectivity index (χ0n) is 10.6. The van der Waals surface area contributed by atoms with E-state index in [1.54, 1.807) is 0 Å². The number of carbonyl (C=O) groups is 1. The molecule has 1 rings (SSSR count). The van der Waals surface area contributed by atoms with Crippen LogP contribution in [-0.2, 0) is 6.18 Å². The number of hydrogen-bond donors (Lipinski definition) is 0. The van der Waals surface area contributed by atoms with Crippen molar-refractivity contribution in [2.45, 2.75) is 18.8 Å². The second-order valence-corrected chi connectivity index (χ2v) is 5.20. The Balaban J connectivity index is 3.02. The largest absolute Gasteiger partial charge is 0.417 e. The van der Waals surface area contributed by atoms with Crippen molar-refractivity contribution in [3.8, 4) is 0 Å². The van der Waals surface area contributed by atoms with Gasteiger partial charge in [0.1, 0.15) is 0 Å². The number of hydrogen-bond acceptors (Lipinski definition) is 1. The summed E-state index contributed by atoms with van der Waals surface area (Å²) in [6, 6.07) is 2.87. The van der Waals surface area contributed by atoms with E-state index in [4.69, 9.17) is 0 Å². The summed E-state index contributed by atoms with van der Waals surface area (Å²) in [5.41, 5.74) is -1.88. The van der Waals surface area contributed by atoms with Gasteiger partial charge in [-0.25, -0.2) is 0 Å². The van der Waals surface area contributed by atoms with Gasteiger partial charge in [0.05, 0.1) is 17.5 Å². The predicted molar refractivity (Wildman–Crippen MR) is 66.8 cm³/mol. The predicted octanol–water partition coefficient (Wildman–Crippen LogP) is 4.49. The van der Waals surface area contributed by atoms with E-state index in [2.05, 4.69) is 15.9 Å². The molecule has 0 aliphatic heterocycles. The van der Waals surface area contributed by atoms with Crippen LogP contribution in [0.3, 0.4) is 0 Å². The van der Waals surface area contributed by atoms with Crippen molar-refractivity contribution in [1.29, 1.82) is 0 Å². The van der Waals surface area contributed by atoms with Crippen molar-refractivity contribution >= 4 is 21.8 Å². The fraction of sp³-hybridized carbons (Fsp3) is 0.417. The van der Waals surface area contributed by atoms with Gasteiger partial charge in [-0.05, 0) is 18.2 Å². The lowest BCUT2D eigenvalue weighted by atomic mass is 10.1. The van der Waals surface area contributed by atoms with Crippen LogP contribution in [0.5, 0.6) is 0 Å². The molecule has 1 aromatic rings. The van der Waals surface area contributed by atoms with Gasteiger partial charge in [0.2, 0.25) is 0 Å². The summed E-state index contributed by atoms with van der Waals surface area (Å²) >= 11 is 2.86. The lowest BCUT2D eigenvalue weighted by Crippen LogP contribution is -2.32. The Morgan fingerprint density at radius 1 is 1.19 bits per heavy atom. The van der Waals surface area contributed by atoms with Crippen molar-refractivity contribution in [2.24, 2.45) is 0 Å². The second-order valence-electron chi connectivity index (χ2n) is 4.28. The summed E-state index contributed by atoms with van der Waals surface area (Å²) in [6.07, 6.45) is -10.5. The molecule has 2 nitrogen and oxygen atoms in total. The molecule has 0 atom stereocenters. The smallest absolute Gasteiger partial charge is 0.341 e. The fourth-order valence-electron chi connectivity index (χ4n) is 1.54. The number of benzene rings is 1. The Kier molecular flexibility index (Phi) is 5.30. The first-order valence-electron chi connectivity index (χ1n) is 5.61. The maximum Gasteiger partial charge on any atom is 0.417 e. The molecule has 0 aromatic heterocycles. The van der Waals surface area contributed by atoms with E-state index in [1.165, 1.54) is 6.07 Å². The highest BCUT2D eigenvalue weighted by Crippen LogP contribution is 2.34. The molecule has 1 amide bonds. The molecule has 9 heteroatoms. The van der Waals surface area contributed by atoms with Crippen LogP contribution in [0.1, 0.15) is 22.3 Å². The molecule has 0 unspecified atom stereocenters. The molecule has 0 fully saturated rings. The summed E-state index contributed by atoms with van der Waals surface area (Å²) in [4.78, 5) is 12.5. The number of rotatable bonds is 3. The molecular formula is C12H10BrF6NO. The molecule has 0 aliphatic carbocycles. The van der Waals surface area contributed by atoms with Crippen molar-refractivity contribution < 1.29 is 31.1 Å². The Hall–Kier alpha value is -1.25. The fourth-order valence-corrected chi connectivity index (χ4v) is 1.90. The first kappa shape index (κ1) is 17.8.